The quantitative estimate of drug-likeness (QED) is 0.393. The van der Waals surface area contributed by atoms with Gasteiger partial charge in [-0.2, -0.15) is 0 Å². The Kier molecular flexibility index (Phi) is 3.39. The van der Waals surface area contributed by atoms with E-state index < -0.39 is 23.2 Å². The molecule has 0 aliphatic rings. The number of hydrogen-bond acceptors (Lipinski definition) is 0. The predicted octanol–water partition coefficient (Wildman–Crippen LogP) is 4.99. The third-order valence-electron chi connectivity index (χ3n) is 5.35. The summed E-state index contributed by atoms with van der Waals surface area (Å²) in [6.07, 6.45) is 0. The van der Waals surface area contributed by atoms with E-state index in [9.17, 15) is 0 Å². The Morgan fingerprint density at radius 3 is 1.41 bits per heavy atom. The van der Waals surface area contributed by atoms with Crippen LogP contribution >= 0.6 is 0 Å². The van der Waals surface area contributed by atoms with Crippen molar-refractivity contribution in [3.8, 4) is 0 Å². The molecular weight excluding hydrogens is 408 g/mol. The van der Waals surface area contributed by atoms with Crippen LogP contribution in [0.3, 0.4) is 0 Å². The van der Waals surface area contributed by atoms with Gasteiger partial charge in [-0.15, -0.1) is 0 Å². The Hall–Kier alpha value is -2.64. The molecule has 2 aromatic heterocycles. The Morgan fingerprint density at radius 2 is 0.889 bits per heavy atom. The van der Waals surface area contributed by atoms with Gasteiger partial charge in [-0.05, 0) is 0 Å². The molecule has 0 saturated carbocycles. The third kappa shape index (κ3) is 2.35. The summed E-state index contributed by atoms with van der Waals surface area (Å²) >= 11 is -0.974. The predicted molar refractivity (Wildman–Crippen MR) is 111 cm³/mol. The Bertz CT molecular complexity index is 1340. The summed E-state index contributed by atoms with van der Waals surface area (Å²) in [5, 5.41) is 5.32. The molecular formula is C24H16N2Zr. The topological polar surface area (TPSA) is 31.6 Å². The summed E-state index contributed by atoms with van der Waals surface area (Å²) in [4.78, 5) is 7.35. The van der Waals surface area contributed by atoms with Gasteiger partial charge in [-0.3, -0.25) is 0 Å². The molecule has 126 valence electrons. The minimum absolute atomic E-state index is 0.974. The molecule has 0 amide bonds. The zero-order valence-corrected chi connectivity index (χ0v) is 17.0. The second-order valence-corrected chi connectivity index (χ2v) is 10.2. The first-order valence-corrected chi connectivity index (χ1v) is 11.6. The average molecular weight is 424 g/mol. The summed E-state index contributed by atoms with van der Waals surface area (Å²) < 4.78 is 3.00. The van der Waals surface area contributed by atoms with E-state index in [2.05, 4.69) is 94.9 Å². The van der Waals surface area contributed by atoms with Crippen molar-refractivity contribution in [1.82, 2.24) is 9.97 Å². The molecule has 0 saturated heterocycles. The number of aromatic nitrogens is 2. The zero-order chi connectivity index (χ0) is 17.8. The van der Waals surface area contributed by atoms with Gasteiger partial charge in [-0.25, -0.2) is 0 Å². The summed E-state index contributed by atoms with van der Waals surface area (Å²) in [5.74, 6) is 0. The first-order chi connectivity index (χ1) is 13.4. The second kappa shape index (κ2) is 5.94. The average Bonchev–Trinajstić information content (AvgIpc) is 3.28. The van der Waals surface area contributed by atoms with Crippen LogP contribution in [0.5, 0.6) is 0 Å². The molecule has 2 N–H and O–H groups in total. The van der Waals surface area contributed by atoms with E-state index in [1.165, 1.54) is 50.2 Å². The standard InChI is InChI=1S/2C12H8N.Zr/c2*1-3-7-11-9(5-1)10-6-2-4-8-12(10)13-11;/h2*1-7,13H;. The molecule has 0 unspecified atom stereocenters. The van der Waals surface area contributed by atoms with Gasteiger partial charge in [0.05, 0.1) is 0 Å². The molecule has 0 spiro atoms. The molecule has 3 heteroatoms. The van der Waals surface area contributed by atoms with Gasteiger partial charge < -0.3 is 0 Å². The van der Waals surface area contributed by atoms with E-state index in [0.29, 0.717) is 0 Å². The first-order valence-electron chi connectivity index (χ1n) is 9.14. The van der Waals surface area contributed by atoms with Crippen molar-refractivity contribution in [3.05, 3.63) is 84.9 Å². The second-order valence-electron chi connectivity index (χ2n) is 6.92. The van der Waals surface area contributed by atoms with E-state index in [4.69, 9.17) is 0 Å². The fourth-order valence-corrected chi connectivity index (χ4v) is 7.28. The van der Waals surface area contributed by atoms with E-state index in [-0.39, 0.29) is 0 Å². The van der Waals surface area contributed by atoms with E-state index in [1.807, 2.05) is 0 Å². The van der Waals surface area contributed by atoms with Crippen LogP contribution in [-0.4, -0.2) is 9.97 Å². The molecule has 0 aliphatic carbocycles. The molecule has 0 aliphatic heterocycles. The van der Waals surface area contributed by atoms with Crippen molar-refractivity contribution in [2.45, 2.75) is 0 Å². The van der Waals surface area contributed by atoms with Crippen molar-refractivity contribution in [1.29, 1.82) is 0 Å². The molecule has 6 aromatic rings. The summed E-state index contributed by atoms with van der Waals surface area (Å²) in [6.45, 7) is 0. The summed E-state index contributed by atoms with van der Waals surface area (Å²) in [5.41, 5.74) is 5.09. The van der Waals surface area contributed by atoms with Crippen molar-refractivity contribution < 1.29 is 23.2 Å². The molecule has 0 radical (unpaired) electrons. The van der Waals surface area contributed by atoms with E-state index >= 15 is 0 Å². The van der Waals surface area contributed by atoms with E-state index in [1.54, 1.807) is 0 Å². The van der Waals surface area contributed by atoms with Crippen LogP contribution in [0.2, 0.25) is 0 Å². The van der Waals surface area contributed by atoms with Crippen molar-refractivity contribution >= 4 is 50.2 Å². The van der Waals surface area contributed by atoms with Gasteiger partial charge in [0.2, 0.25) is 0 Å². The number of rotatable bonds is 2. The number of nitrogens with one attached hydrogen (secondary N) is 2. The Morgan fingerprint density at radius 1 is 0.444 bits per heavy atom. The summed E-state index contributed by atoms with van der Waals surface area (Å²) in [6, 6.07) is 30.7. The molecule has 6 rings (SSSR count). The number of aromatic amines is 2. The summed E-state index contributed by atoms with van der Waals surface area (Å²) in [7, 11) is 0. The van der Waals surface area contributed by atoms with Gasteiger partial charge >= 0.3 is 168 Å². The van der Waals surface area contributed by atoms with Crippen molar-refractivity contribution in [3.63, 3.8) is 0 Å². The van der Waals surface area contributed by atoms with Crippen LogP contribution in [0.1, 0.15) is 0 Å². The molecule has 4 aromatic carbocycles. The molecule has 27 heavy (non-hydrogen) atoms. The van der Waals surface area contributed by atoms with E-state index in [0.717, 1.165) is 0 Å². The first kappa shape index (κ1) is 15.4. The molecule has 2 heterocycles. The normalized spacial score (nSPS) is 11.7. The Balaban J connectivity index is 1.57. The minimum atomic E-state index is -0.974. The third-order valence-corrected chi connectivity index (χ3v) is 8.72. The van der Waals surface area contributed by atoms with Crippen LogP contribution in [0.25, 0.3) is 43.6 Å². The zero-order valence-electron chi connectivity index (χ0n) is 14.6. The SMILES string of the molecule is c1ccc2c(c1)[nH]c1[c]([Zr][c]3cccc4c3[nH]c3ccccc34)cccc12. The van der Waals surface area contributed by atoms with Crippen molar-refractivity contribution in [2.75, 3.05) is 0 Å². The molecule has 0 fully saturated rings. The molecule has 0 atom stereocenters. The van der Waals surface area contributed by atoms with Gasteiger partial charge in [0.1, 0.15) is 0 Å². The van der Waals surface area contributed by atoms with Gasteiger partial charge in [0, 0.05) is 0 Å². The van der Waals surface area contributed by atoms with Crippen LogP contribution in [0.15, 0.2) is 84.9 Å². The van der Waals surface area contributed by atoms with Crippen LogP contribution in [0, 0.1) is 0 Å². The van der Waals surface area contributed by atoms with Gasteiger partial charge in [0.15, 0.2) is 0 Å². The fraction of sp³-hybridized carbons (Fsp3) is 0. The van der Waals surface area contributed by atoms with Crippen LogP contribution in [-0.2, 0) is 23.2 Å². The Labute approximate surface area is 167 Å². The van der Waals surface area contributed by atoms with Crippen LogP contribution in [0.4, 0.5) is 0 Å². The fourth-order valence-electron chi connectivity index (χ4n) is 4.10. The van der Waals surface area contributed by atoms with Crippen molar-refractivity contribution in [2.24, 2.45) is 0 Å². The number of para-hydroxylation sites is 4. The maximum absolute atomic E-state index is 3.67. The molecule has 2 nitrogen and oxygen atoms in total. The number of benzene rings is 4. The number of H-pyrrole nitrogens is 2. The number of fused-ring (bicyclic) bond motifs is 6. The number of hydrogen-bond donors (Lipinski definition) is 2. The van der Waals surface area contributed by atoms with Gasteiger partial charge in [-0.1, -0.05) is 0 Å². The monoisotopic (exact) mass is 422 g/mol. The van der Waals surface area contributed by atoms with Gasteiger partial charge in [0.25, 0.3) is 0 Å². The van der Waals surface area contributed by atoms with Crippen LogP contribution < -0.4 is 6.54 Å². The molecule has 0 bridgehead atoms. The maximum atomic E-state index is 3.67.